The Kier molecular flexibility index (Phi) is 4.10. The standard InChI is InChI=1S/C23H17NO6/c1-12-15(9-20(30-12)23(26)27-2)17-11-29-22-14(21(17)25)5-6-19-16(22)8-13(10-28-19)18-4-3-7-24-18/h3-9,11,24H,10H2,1-2H3. The number of aryl methyl sites for hydroxylation is 1. The van der Waals surface area contributed by atoms with Gasteiger partial charge in [0.1, 0.15) is 30.0 Å². The van der Waals surface area contributed by atoms with Crippen molar-refractivity contribution in [3.05, 3.63) is 75.8 Å². The molecule has 1 aliphatic rings. The summed E-state index contributed by atoms with van der Waals surface area (Å²) in [4.78, 5) is 28.2. The first-order valence-electron chi connectivity index (χ1n) is 9.31. The van der Waals surface area contributed by atoms with Gasteiger partial charge in [-0.2, -0.15) is 0 Å². The van der Waals surface area contributed by atoms with Crippen LogP contribution in [-0.4, -0.2) is 24.7 Å². The van der Waals surface area contributed by atoms with Crippen LogP contribution in [0.1, 0.15) is 27.6 Å². The molecule has 4 heterocycles. The van der Waals surface area contributed by atoms with Crippen molar-refractivity contribution in [2.24, 2.45) is 0 Å². The van der Waals surface area contributed by atoms with Gasteiger partial charge in [-0.1, -0.05) is 0 Å². The number of fused-ring (bicyclic) bond motifs is 3. The highest BCUT2D eigenvalue weighted by molar-refractivity contribution is 5.97. The number of hydrogen-bond acceptors (Lipinski definition) is 6. The highest BCUT2D eigenvalue weighted by Crippen LogP contribution is 2.36. The molecule has 1 aliphatic heterocycles. The van der Waals surface area contributed by atoms with Crippen molar-refractivity contribution in [3.8, 4) is 16.9 Å². The molecule has 0 bridgehead atoms. The summed E-state index contributed by atoms with van der Waals surface area (Å²) in [6, 6.07) is 8.82. The van der Waals surface area contributed by atoms with E-state index in [1.54, 1.807) is 19.1 Å². The molecule has 7 heteroatoms. The molecule has 0 spiro atoms. The number of H-pyrrole nitrogens is 1. The second-order valence-corrected chi connectivity index (χ2v) is 6.95. The van der Waals surface area contributed by atoms with Crippen LogP contribution in [-0.2, 0) is 4.74 Å². The fourth-order valence-electron chi connectivity index (χ4n) is 3.66. The van der Waals surface area contributed by atoms with Gasteiger partial charge in [0.15, 0.2) is 0 Å². The van der Waals surface area contributed by atoms with Crippen LogP contribution in [0.5, 0.6) is 5.75 Å². The van der Waals surface area contributed by atoms with Gasteiger partial charge in [0.2, 0.25) is 11.2 Å². The van der Waals surface area contributed by atoms with E-state index in [2.05, 4.69) is 9.72 Å². The van der Waals surface area contributed by atoms with Gasteiger partial charge in [-0.05, 0) is 43.3 Å². The number of hydrogen-bond donors (Lipinski definition) is 1. The van der Waals surface area contributed by atoms with Gasteiger partial charge in [0.25, 0.3) is 0 Å². The molecule has 5 rings (SSSR count). The monoisotopic (exact) mass is 403 g/mol. The van der Waals surface area contributed by atoms with E-state index in [0.717, 1.165) is 11.3 Å². The maximum atomic E-state index is 13.2. The van der Waals surface area contributed by atoms with E-state index in [1.165, 1.54) is 19.4 Å². The number of aromatic nitrogens is 1. The number of methoxy groups -OCH3 is 1. The first-order valence-corrected chi connectivity index (χ1v) is 9.31. The van der Waals surface area contributed by atoms with Crippen molar-refractivity contribution < 1.29 is 23.1 Å². The molecule has 0 saturated heterocycles. The zero-order valence-corrected chi connectivity index (χ0v) is 16.3. The highest BCUT2D eigenvalue weighted by Gasteiger charge is 2.22. The normalized spacial score (nSPS) is 12.9. The number of benzene rings is 1. The number of nitrogens with one attached hydrogen (secondary N) is 1. The van der Waals surface area contributed by atoms with Crippen molar-refractivity contribution in [3.63, 3.8) is 0 Å². The molecule has 1 N–H and O–H groups in total. The van der Waals surface area contributed by atoms with Gasteiger partial charge >= 0.3 is 5.97 Å². The van der Waals surface area contributed by atoms with E-state index in [0.29, 0.717) is 45.8 Å². The van der Waals surface area contributed by atoms with Crippen LogP contribution < -0.4 is 10.2 Å². The number of carbonyl (C=O) groups excluding carboxylic acids is 1. The lowest BCUT2D eigenvalue weighted by Gasteiger charge is -2.18. The van der Waals surface area contributed by atoms with Crippen LogP contribution in [0.2, 0.25) is 0 Å². The molecule has 4 aromatic rings. The van der Waals surface area contributed by atoms with Crippen LogP contribution in [0.25, 0.3) is 33.7 Å². The number of carbonyl (C=O) groups is 1. The molecule has 0 unspecified atom stereocenters. The van der Waals surface area contributed by atoms with E-state index in [9.17, 15) is 9.59 Å². The van der Waals surface area contributed by atoms with E-state index in [4.69, 9.17) is 13.6 Å². The third-order valence-electron chi connectivity index (χ3n) is 5.18. The minimum atomic E-state index is -0.609. The second kappa shape index (κ2) is 6.81. The molecular formula is C23H17NO6. The number of furan rings is 1. The summed E-state index contributed by atoms with van der Waals surface area (Å²) in [5.41, 5.74) is 3.64. The summed E-state index contributed by atoms with van der Waals surface area (Å²) < 4.78 is 21.9. The summed E-state index contributed by atoms with van der Waals surface area (Å²) in [7, 11) is 1.27. The molecule has 0 radical (unpaired) electrons. The van der Waals surface area contributed by atoms with E-state index in [1.807, 2.05) is 24.4 Å². The second-order valence-electron chi connectivity index (χ2n) is 6.95. The van der Waals surface area contributed by atoms with Gasteiger partial charge in [-0.25, -0.2) is 4.79 Å². The van der Waals surface area contributed by atoms with Gasteiger partial charge in [-0.3, -0.25) is 4.79 Å². The third kappa shape index (κ3) is 2.75. The Balaban J connectivity index is 1.67. The average Bonchev–Trinajstić information content (AvgIpc) is 3.43. The van der Waals surface area contributed by atoms with Gasteiger partial charge < -0.3 is 23.3 Å². The predicted octanol–water partition coefficient (Wildman–Crippen LogP) is 4.41. The molecule has 150 valence electrons. The first kappa shape index (κ1) is 18.1. The Morgan fingerprint density at radius 1 is 1.20 bits per heavy atom. The molecule has 0 fully saturated rings. The zero-order chi connectivity index (χ0) is 20.8. The number of ether oxygens (including phenoxy) is 2. The van der Waals surface area contributed by atoms with Crippen molar-refractivity contribution in [2.45, 2.75) is 6.92 Å². The molecule has 0 saturated carbocycles. The summed E-state index contributed by atoms with van der Waals surface area (Å²) >= 11 is 0. The Bertz CT molecular complexity index is 1370. The summed E-state index contributed by atoms with van der Waals surface area (Å²) in [6.07, 6.45) is 5.20. The molecule has 0 atom stereocenters. The topological polar surface area (TPSA) is 94.7 Å². The largest absolute Gasteiger partial charge is 0.488 e. The molecule has 0 aliphatic carbocycles. The lowest BCUT2D eigenvalue weighted by molar-refractivity contribution is 0.0563. The first-order chi connectivity index (χ1) is 14.6. The van der Waals surface area contributed by atoms with Crippen molar-refractivity contribution >= 4 is 28.6 Å². The molecule has 0 amide bonds. The van der Waals surface area contributed by atoms with Crippen LogP contribution in [0.3, 0.4) is 0 Å². The summed E-state index contributed by atoms with van der Waals surface area (Å²) in [5, 5.41) is 0.416. The van der Waals surface area contributed by atoms with E-state index in [-0.39, 0.29) is 11.2 Å². The van der Waals surface area contributed by atoms with Crippen molar-refractivity contribution in [1.29, 1.82) is 0 Å². The Labute approximate surface area is 170 Å². The van der Waals surface area contributed by atoms with Crippen LogP contribution >= 0.6 is 0 Å². The Morgan fingerprint density at radius 2 is 2.07 bits per heavy atom. The lowest BCUT2D eigenvalue weighted by Crippen LogP contribution is -2.10. The van der Waals surface area contributed by atoms with Gasteiger partial charge in [0, 0.05) is 23.0 Å². The minimum absolute atomic E-state index is 0.0295. The Morgan fingerprint density at radius 3 is 2.83 bits per heavy atom. The molecule has 3 aromatic heterocycles. The van der Waals surface area contributed by atoms with E-state index >= 15 is 0 Å². The molecule has 1 aromatic carbocycles. The zero-order valence-electron chi connectivity index (χ0n) is 16.3. The van der Waals surface area contributed by atoms with Gasteiger partial charge in [0.05, 0.1) is 23.6 Å². The lowest BCUT2D eigenvalue weighted by atomic mass is 10.0. The molecule has 7 nitrogen and oxygen atoms in total. The number of rotatable bonds is 3. The molecular weight excluding hydrogens is 386 g/mol. The summed E-state index contributed by atoms with van der Waals surface area (Å²) in [5.74, 6) is 0.503. The van der Waals surface area contributed by atoms with Crippen LogP contribution in [0.4, 0.5) is 0 Å². The van der Waals surface area contributed by atoms with E-state index < -0.39 is 5.97 Å². The Hall–Kier alpha value is -4.00. The fourth-order valence-corrected chi connectivity index (χ4v) is 3.66. The maximum absolute atomic E-state index is 13.2. The maximum Gasteiger partial charge on any atom is 0.373 e. The highest BCUT2D eigenvalue weighted by atomic mass is 16.5. The van der Waals surface area contributed by atoms with Crippen molar-refractivity contribution in [1.82, 2.24) is 4.98 Å². The number of aromatic amines is 1. The fraction of sp³-hybridized carbons (Fsp3) is 0.130. The molecule has 30 heavy (non-hydrogen) atoms. The SMILES string of the molecule is COC(=O)c1cc(-c2coc3c4c(ccc3c2=O)OCC(c2ccc[nH]2)=C4)c(C)o1. The number of esters is 1. The predicted molar refractivity (Wildman–Crippen MR) is 110 cm³/mol. The van der Waals surface area contributed by atoms with Crippen molar-refractivity contribution in [2.75, 3.05) is 13.7 Å². The quantitative estimate of drug-likeness (QED) is 0.509. The summed E-state index contributed by atoms with van der Waals surface area (Å²) in [6.45, 7) is 2.10. The van der Waals surface area contributed by atoms with Crippen LogP contribution in [0, 0.1) is 6.92 Å². The average molecular weight is 403 g/mol. The third-order valence-corrected chi connectivity index (χ3v) is 5.18. The van der Waals surface area contributed by atoms with Gasteiger partial charge in [-0.15, -0.1) is 0 Å². The smallest absolute Gasteiger partial charge is 0.373 e. The minimum Gasteiger partial charge on any atom is -0.488 e. The van der Waals surface area contributed by atoms with Crippen LogP contribution in [0.15, 0.2) is 56.4 Å².